The number of aryl methyl sites for hydroxylation is 1. The van der Waals surface area contributed by atoms with Crippen LogP contribution in [0, 0.1) is 11.3 Å². The van der Waals surface area contributed by atoms with Gasteiger partial charge in [0.05, 0.1) is 23.4 Å². The van der Waals surface area contributed by atoms with Crippen molar-refractivity contribution in [2.75, 3.05) is 13.6 Å². The van der Waals surface area contributed by atoms with Gasteiger partial charge in [-0.05, 0) is 5.41 Å². The van der Waals surface area contributed by atoms with Crippen molar-refractivity contribution in [2.45, 2.75) is 40.3 Å². The Hall–Kier alpha value is -2.48. The molecule has 3 heterocycles. The second-order valence-corrected chi connectivity index (χ2v) is 8.12. The van der Waals surface area contributed by atoms with Crippen LogP contribution in [0.4, 0.5) is 0 Å². The lowest BCUT2D eigenvalue weighted by Gasteiger charge is -2.28. The fourth-order valence-electron chi connectivity index (χ4n) is 3.53. The summed E-state index contributed by atoms with van der Waals surface area (Å²) < 4.78 is 3.81. The van der Waals surface area contributed by atoms with Crippen LogP contribution in [0.1, 0.15) is 43.4 Å². The molecule has 0 saturated carbocycles. The fourth-order valence-corrected chi connectivity index (χ4v) is 3.53. The van der Waals surface area contributed by atoms with Gasteiger partial charge in [-0.15, -0.1) is 0 Å². The third-order valence-electron chi connectivity index (χ3n) is 5.10. The largest absolute Gasteiger partial charge is 0.359 e. The molecule has 1 aliphatic rings. The van der Waals surface area contributed by atoms with Crippen LogP contribution in [-0.2, 0) is 24.9 Å². The summed E-state index contributed by atoms with van der Waals surface area (Å²) in [5, 5.41) is 10.2. The van der Waals surface area contributed by atoms with E-state index in [0.29, 0.717) is 12.2 Å². The van der Waals surface area contributed by atoms with Crippen LogP contribution in [-0.4, -0.2) is 44.6 Å². The van der Waals surface area contributed by atoms with Crippen molar-refractivity contribution in [3.8, 4) is 11.4 Å². The smallest absolute Gasteiger partial charge is 0.223 e. The molecule has 0 saturated heterocycles. The number of imidazole rings is 1. The first kappa shape index (κ1) is 19.3. The topological polar surface area (TPSA) is 93.8 Å². The predicted molar refractivity (Wildman–Crippen MR) is 102 cm³/mol. The highest BCUT2D eigenvalue weighted by molar-refractivity contribution is 5.98. The zero-order valence-corrected chi connectivity index (χ0v) is 16.7. The van der Waals surface area contributed by atoms with Crippen LogP contribution in [0.3, 0.4) is 0 Å². The summed E-state index contributed by atoms with van der Waals surface area (Å²) in [4.78, 5) is 30.2. The van der Waals surface area contributed by atoms with E-state index < -0.39 is 5.92 Å². The van der Waals surface area contributed by atoms with Crippen LogP contribution in [0.2, 0.25) is 0 Å². The molecule has 146 valence electrons. The Morgan fingerprint density at radius 2 is 2.11 bits per heavy atom. The van der Waals surface area contributed by atoms with Gasteiger partial charge in [0, 0.05) is 46.3 Å². The lowest BCUT2D eigenvalue weighted by atomic mass is 9.77. The van der Waals surface area contributed by atoms with Gasteiger partial charge in [-0.1, -0.05) is 20.8 Å². The molecule has 2 aromatic heterocycles. The van der Waals surface area contributed by atoms with Gasteiger partial charge in [0.2, 0.25) is 5.91 Å². The van der Waals surface area contributed by atoms with Gasteiger partial charge in [-0.25, -0.2) is 4.98 Å². The summed E-state index contributed by atoms with van der Waals surface area (Å²) in [6, 6.07) is 0. The van der Waals surface area contributed by atoms with Crippen LogP contribution >= 0.6 is 0 Å². The number of hydrogen-bond donors (Lipinski definition) is 2. The first-order chi connectivity index (χ1) is 12.7. The summed E-state index contributed by atoms with van der Waals surface area (Å²) in [5.74, 6) is 0.136. The molecule has 0 spiro atoms. The molecule has 0 unspecified atom stereocenters. The predicted octanol–water partition coefficient (Wildman–Crippen LogP) is 1.37. The highest BCUT2D eigenvalue weighted by Crippen LogP contribution is 2.31. The Balaban J connectivity index is 1.97. The molecule has 8 nitrogen and oxygen atoms in total. The number of Topliss-reactive ketones (excluding diaryl/α,β-unsaturated/α-hetero) is 1. The molecule has 0 aliphatic carbocycles. The van der Waals surface area contributed by atoms with Crippen molar-refractivity contribution in [2.24, 2.45) is 18.4 Å². The van der Waals surface area contributed by atoms with E-state index in [9.17, 15) is 9.59 Å². The Morgan fingerprint density at radius 1 is 1.37 bits per heavy atom. The maximum atomic E-state index is 13.1. The quantitative estimate of drug-likeness (QED) is 0.773. The fraction of sp³-hybridized carbons (Fsp3) is 0.579. The summed E-state index contributed by atoms with van der Waals surface area (Å²) in [6.45, 7) is 8.10. The van der Waals surface area contributed by atoms with Crippen molar-refractivity contribution in [3.05, 3.63) is 23.8 Å². The van der Waals surface area contributed by atoms with Crippen molar-refractivity contribution in [1.29, 1.82) is 0 Å². The van der Waals surface area contributed by atoms with E-state index in [-0.39, 0.29) is 23.5 Å². The minimum absolute atomic E-state index is 0.0962. The molecule has 2 aromatic rings. The van der Waals surface area contributed by atoms with Gasteiger partial charge >= 0.3 is 0 Å². The minimum Gasteiger partial charge on any atom is -0.359 e. The minimum atomic E-state index is -0.411. The zero-order valence-electron chi connectivity index (χ0n) is 16.7. The van der Waals surface area contributed by atoms with E-state index >= 15 is 0 Å². The van der Waals surface area contributed by atoms with E-state index in [0.717, 1.165) is 30.2 Å². The van der Waals surface area contributed by atoms with Gasteiger partial charge in [-0.2, -0.15) is 5.10 Å². The van der Waals surface area contributed by atoms with E-state index in [1.54, 1.807) is 17.9 Å². The van der Waals surface area contributed by atoms with E-state index in [2.05, 4.69) is 25.3 Å². The number of carbonyl (C=O) groups excluding carboxylic acids is 2. The molecule has 0 aromatic carbocycles. The average molecular weight is 372 g/mol. The maximum absolute atomic E-state index is 13.1. The number of hydrogen-bond acceptors (Lipinski definition) is 5. The number of fused-ring (bicyclic) bond motifs is 1. The van der Waals surface area contributed by atoms with Gasteiger partial charge < -0.3 is 15.2 Å². The van der Waals surface area contributed by atoms with Gasteiger partial charge in [-0.3, -0.25) is 14.3 Å². The summed E-state index contributed by atoms with van der Waals surface area (Å²) in [7, 11) is 3.46. The molecule has 0 bridgehead atoms. The number of ketones is 1. The lowest BCUT2D eigenvalue weighted by molar-refractivity contribution is -0.127. The summed E-state index contributed by atoms with van der Waals surface area (Å²) in [6.07, 6.45) is 3.79. The van der Waals surface area contributed by atoms with Crippen LogP contribution < -0.4 is 10.6 Å². The highest BCUT2D eigenvalue weighted by Gasteiger charge is 2.35. The Morgan fingerprint density at radius 3 is 2.70 bits per heavy atom. The molecule has 8 heteroatoms. The third kappa shape index (κ3) is 3.80. The number of carbonyl (C=O) groups is 2. The Labute approximate surface area is 159 Å². The molecule has 1 atom stereocenters. The van der Waals surface area contributed by atoms with Crippen molar-refractivity contribution < 1.29 is 9.59 Å². The number of nitrogens with one attached hydrogen (secondary N) is 2. The molecule has 1 amide bonds. The van der Waals surface area contributed by atoms with E-state index in [1.807, 2.05) is 34.0 Å². The van der Waals surface area contributed by atoms with Gasteiger partial charge in [0.15, 0.2) is 5.78 Å². The molecule has 2 N–H and O–H groups in total. The van der Waals surface area contributed by atoms with Gasteiger partial charge in [0.1, 0.15) is 11.5 Å². The first-order valence-electron chi connectivity index (χ1n) is 9.26. The van der Waals surface area contributed by atoms with Crippen molar-refractivity contribution in [1.82, 2.24) is 30.0 Å². The summed E-state index contributed by atoms with van der Waals surface area (Å²) >= 11 is 0. The molecule has 27 heavy (non-hydrogen) atoms. The Bertz CT molecular complexity index is 858. The van der Waals surface area contributed by atoms with Crippen molar-refractivity contribution in [3.63, 3.8) is 0 Å². The van der Waals surface area contributed by atoms with E-state index in [1.165, 1.54) is 0 Å². The number of rotatable bonds is 5. The number of aromatic nitrogens is 4. The van der Waals surface area contributed by atoms with Crippen molar-refractivity contribution >= 4 is 11.7 Å². The third-order valence-corrected chi connectivity index (χ3v) is 5.10. The van der Waals surface area contributed by atoms with E-state index in [4.69, 9.17) is 0 Å². The first-order valence-corrected chi connectivity index (χ1v) is 9.26. The second kappa shape index (κ2) is 7.26. The maximum Gasteiger partial charge on any atom is 0.223 e. The average Bonchev–Trinajstić information content (AvgIpc) is 3.21. The highest BCUT2D eigenvalue weighted by atomic mass is 16.2. The Kier molecular flexibility index (Phi) is 5.19. The number of amides is 1. The summed E-state index contributed by atoms with van der Waals surface area (Å²) in [5.41, 5.74) is 1.91. The molecule has 0 fully saturated rings. The monoisotopic (exact) mass is 372 g/mol. The van der Waals surface area contributed by atoms with Gasteiger partial charge in [0.25, 0.3) is 0 Å². The zero-order chi connectivity index (χ0) is 19.8. The molecular formula is C19H28N6O2. The molecular weight excluding hydrogens is 344 g/mol. The molecule has 1 aliphatic heterocycles. The van der Waals surface area contributed by atoms with Crippen LogP contribution in [0.15, 0.2) is 12.4 Å². The molecule has 0 radical (unpaired) electrons. The normalized spacial score (nSPS) is 15.3. The second-order valence-electron chi connectivity index (χ2n) is 8.12. The van der Waals surface area contributed by atoms with Crippen LogP contribution in [0.5, 0.6) is 0 Å². The SMILES string of the molecule is CNC(=O)[C@@H](CC(=O)c1nc(-c2cnn(C)c2)n2c1CNCC2)C(C)(C)C. The standard InChI is InChI=1S/C19H28N6O2/c1-19(2,3)13(18(27)20-4)8-15(26)16-14-10-21-6-7-25(14)17(23-16)12-9-22-24(5)11-12/h9,11,13,21H,6-8,10H2,1-5H3,(H,20,27)/t13-/m1/s1. The number of nitrogens with zero attached hydrogens (tertiary/aromatic N) is 4. The lowest BCUT2D eigenvalue weighted by Crippen LogP contribution is -2.38. The molecule has 3 rings (SSSR count). The van der Waals surface area contributed by atoms with Crippen LogP contribution in [0.25, 0.3) is 11.4 Å².